The van der Waals surface area contributed by atoms with E-state index in [4.69, 9.17) is 5.14 Å². The van der Waals surface area contributed by atoms with Crippen molar-refractivity contribution in [2.75, 3.05) is 11.9 Å². The van der Waals surface area contributed by atoms with Crippen molar-refractivity contribution in [1.82, 2.24) is 0 Å². The predicted molar refractivity (Wildman–Crippen MR) is 84.6 cm³/mol. The van der Waals surface area contributed by atoms with Gasteiger partial charge in [0.15, 0.2) is 0 Å². The number of carbonyl (C=O) groups excluding carboxylic acids is 1. The maximum atomic E-state index is 12.0. The number of nitrogens with two attached hydrogens (primary N) is 1. The first-order valence-electron chi connectivity index (χ1n) is 6.00. The molecule has 0 aliphatic carbocycles. The van der Waals surface area contributed by atoms with Crippen molar-refractivity contribution in [3.8, 4) is 0 Å². The van der Waals surface area contributed by atoms with Crippen molar-refractivity contribution >= 4 is 39.0 Å². The SMILES string of the molecule is CN(C(=O)/C=C/c1cccs1)c1ccc(S(N)(=O)=O)cc1. The average molecular weight is 322 g/mol. The molecular weight excluding hydrogens is 308 g/mol. The van der Waals surface area contributed by atoms with Gasteiger partial charge in [0, 0.05) is 23.7 Å². The minimum Gasteiger partial charge on any atom is -0.312 e. The van der Waals surface area contributed by atoms with Gasteiger partial charge in [0.05, 0.1) is 4.90 Å². The van der Waals surface area contributed by atoms with Gasteiger partial charge in [0.1, 0.15) is 0 Å². The summed E-state index contributed by atoms with van der Waals surface area (Å²) in [6.45, 7) is 0. The molecule has 2 rings (SSSR count). The number of hydrogen-bond acceptors (Lipinski definition) is 4. The molecule has 0 bridgehead atoms. The lowest BCUT2D eigenvalue weighted by atomic mass is 10.3. The molecule has 1 heterocycles. The third-order valence-electron chi connectivity index (χ3n) is 2.82. The quantitative estimate of drug-likeness (QED) is 0.875. The molecule has 5 nitrogen and oxygen atoms in total. The molecule has 21 heavy (non-hydrogen) atoms. The zero-order valence-electron chi connectivity index (χ0n) is 11.3. The summed E-state index contributed by atoms with van der Waals surface area (Å²) in [5.74, 6) is -0.202. The normalized spacial score (nSPS) is 11.7. The number of primary sulfonamides is 1. The molecule has 0 saturated heterocycles. The third-order valence-corrected chi connectivity index (χ3v) is 4.58. The van der Waals surface area contributed by atoms with Crippen LogP contribution in [0.5, 0.6) is 0 Å². The molecular formula is C14H14N2O3S2. The van der Waals surface area contributed by atoms with Crippen LogP contribution in [0.2, 0.25) is 0 Å². The highest BCUT2D eigenvalue weighted by molar-refractivity contribution is 7.89. The van der Waals surface area contributed by atoms with Crippen molar-refractivity contribution in [2.45, 2.75) is 4.90 Å². The Morgan fingerprint density at radius 3 is 2.43 bits per heavy atom. The highest BCUT2D eigenvalue weighted by Crippen LogP contribution is 2.17. The van der Waals surface area contributed by atoms with Crippen LogP contribution in [-0.4, -0.2) is 21.4 Å². The summed E-state index contributed by atoms with van der Waals surface area (Å²) < 4.78 is 22.3. The maximum absolute atomic E-state index is 12.0. The van der Waals surface area contributed by atoms with Gasteiger partial charge in [-0.15, -0.1) is 11.3 Å². The molecule has 0 atom stereocenters. The monoisotopic (exact) mass is 322 g/mol. The van der Waals surface area contributed by atoms with Gasteiger partial charge in [-0.3, -0.25) is 4.79 Å². The summed E-state index contributed by atoms with van der Waals surface area (Å²) in [4.78, 5) is 14.5. The van der Waals surface area contributed by atoms with E-state index in [2.05, 4.69) is 0 Å². The van der Waals surface area contributed by atoms with Gasteiger partial charge in [0.2, 0.25) is 10.0 Å². The third kappa shape index (κ3) is 4.01. The molecule has 0 saturated carbocycles. The van der Waals surface area contributed by atoms with Gasteiger partial charge >= 0.3 is 0 Å². The molecule has 0 fully saturated rings. The van der Waals surface area contributed by atoms with Gasteiger partial charge in [-0.1, -0.05) is 6.07 Å². The van der Waals surface area contributed by atoms with Crippen molar-refractivity contribution in [2.24, 2.45) is 5.14 Å². The smallest absolute Gasteiger partial charge is 0.250 e. The van der Waals surface area contributed by atoms with Crippen LogP contribution in [-0.2, 0) is 14.8 Å². The van der Waals surface area contributed by atoms with E-state index >= 15 is 0 Å². The predicted octanol–water partition coefficient (Wildman–Crippen LogP) is 2.07. The van der Waals surface area contributed by atoms with Crippen LogP contribution < -0.4 is 10.0 Å². The van der Waals surface area contributed by atoms with Crippen LogP contribution >= 0.6 is 11.3 Å². The first-order valence-corrected chi connectivity index (χ1v) is 8.42. The Bertz CT molecular complexity index is 748. The summed E-state index contributed by atoms with van der Waals surface area (Å²) in [7, 11) is -2.10. The molecule has 0 spiro atoms. The van der Waals surface area contributed by atoms with Crippen LogP contribution in [0.15, 0.2) is 52.7 Å². The lowest BCUT2D eigenvalue weighted by Crippen LogP contribution is -2.24. The summed E-state index contributed by atoms with van der Waals surface area (Å²) in [5, 5.41) is 6.96. The van der Waals surface area contributed by atoms with Crippen LogP contribution in [0.1, 0.15) is 4.88 Å². The first-order chi connectivity index (χ1) is 9.88. The molecule has 110 valence electrons. The number of sulfonamides is 1. The van der Waals surface area contributed by atoms with Crippen LogP contribution in [0.25, 0.3) is 6.08 Å². The summed E-state index contributed by atoms with van der Waals surface area (Å²) in [6.07, 6.45) is 3.21. The molecule has 0 unspecified atom stereocenters. The number of nitrogens with zero attached hydrogens (tertiary/aromatic N) is 1. The maximum Gasteiger partial charge on any atom is 0.250 e. The molecule has 0 aliphatic heterocycles. The Morgan fingerprint density at radius 2 is 1.90 bits per heavy atom. The Kier molecular flexibility index (Phi) is 4.56. The topological polar surface area (TPSA) is 80.5 Å². The Hall–Kier alpha value is -1.96. The van der Waals surface area contributed by atoms with E-state index in [0.29, 0.717) is 5.69 Å². The molecule has 1 amide bonds. The minimum atomic E-state index is -3.72. The molecule has 1 aromatic carbocycles. The molecule has 2 aromatic rings. The fourth-order valence-electron chi connectivity index (χ4n) is 1.64. The van der Waals surface area contributed by atoms with E-state index in [1.807, 2.05) is 17.5 Å². The molecule has 2 N–H and O–H groups in total. The number of likely N-dealkylation sites (N-methyl/N-ethyl adjacent to an activating group) is 1. The number of amides is 1. The van der Waals surface area contributed by atoms with Crippen LogP contribution in [0.4, 0.5) is 5.69 Å². The number of anilines is 1. The largest absolute Gasteiger partial charge is 0.312 e. The standard InChI is InChI=1S/C14H14N2O3S2/c1-16(14(17)9-6-12-3-2-10-20-12)11-4-7-13(8-5-11)21(15,18)19/h2-10H,1H3,(H2,15,18,19)/b9-6+. The van der Waals surface area contributed by atoms with Gasteiger partial charge in [-0.25, -0.2) is 13.6 Å². The summed E-state index contributed by atoms with van der Waals surface area (Å²) in [6, 6.07) is 9.64. The highest BCUT2D eigenvalue weighted by Gasteiger charge is 2.11. The zero-order chi connectivity index (χ0) is 15.5. The molecule has 0 radical (unpaired) electrons. The van der Waals surface area contributed by atoms with Crippen molar-refractivity contribution in [3.63, 3.8) is 0 Å². The average Bonchev–Trinajstić information content (AvgIpc) is 2.96. The first kappa shape index (κ1) is 15.4. The van der Waals surface area contributed by atoms with Crippen LogP contribution in [0.3, 0.4) is 0 Å². The van der Waals surface area contributed by atoms with Crippen molar-refractivity contribution < 1.29 is 13.2 Å². The Labute approximate surface area is 127 Å². The number of thiophene rings is 1. The lowest BCUT2D eigenvalue weighted by molar-refractivity contribution is -0.113. The van der Waals surface area contributed by atoms with Crippen LogP contribution in [0, 0.1) is 0 Å². The van der Waals surface area contributed by atoms with E-state index in [-0.39, 0.29) is 10.8 Å². The van der Waals surface area contributed by atoms with Crippen molar-refractivity contribution in [3.05, 3.63) is 52.7 Å². The van der Waals surface area contributed by atoms with E-state index < -0.39 is 10.0 Å². The second-order valence-corrected chi connectivity index (χ2v) is 6.83. The second kappa shape index (κ2) is 6.21. The fourth-order valence-corrected chi connectivity index (χ4v) is 2.77. The van der Waals surface area contributed by atoms with Crippen molar-refractivity contribution in [1.29, 1.82) is 0 Å². The highest BCUT2D eigenvalue weighted by atomic mass is 32.2. The van der Waals surface area contributed by atoms with E-state index in [0.717, 1.165) is 4.88 Å². The lowest BCUT2D eigenvalue weighted by Gasteiger charge is -2.15. The Balaban J connectivity index is 2.12. The molecule has 1 aromatic heterocycles. The number of hydrogen-bond donors (Lipinski definition) is 1. The number of carbonyl (C=O) groups is 1. The molecule has 0 aliphatic rings. The minimum absolute atomic E-state index is 0.0150. The van der Waals surface area contributed by atoms with E-state index in [9.17, 15) is 13.2 Å². The fraction of sp³-hybridized carbons (Fsp3) is 0.0714. The van der Waals surface area contributed by atoms with Gasteiger partial charge in [0.25, 0.3) is 5.91 Å². The Morgan fingerprint density at radius 1 is 1.24 bits per heavy atom. The zero-order valence-corrected chi connectivity index (χ0v) is 12.9. The van der Waals surface area contributed by atoms with E-state index in [1.54, 1.807) is 13.1 Å². The summed E-state index contributed by atoms with van der Waals surface area (Å²) >= 11 is 1.54. The van der Waals surface area contributed by atoms with Gasteiger partial charge in [-0.2, -0.15) is 0 Å². The van der Waals surface area contributed by atoms with E-state index in [1.165, 1.54) is 46.6 Å². The second-order valence-electron chi connectivity index (χ2n) is 4.28. The van der Waals surface area contributed by atoms with Gasteiger partial charge < -0.3 is 4.90 Å². The number of benzene rings is 1. The number of rotatable bonds is 4. The molecule has 7 heteroatoms. The van der Waals surface area contributed by atoms with Gasteiger partial charge in [-0.05, 0) is 41.8 Å². The summed E-state index contributed by atoms with van der Waals surface area (Å²) in [5.41, 5.74) is 0.586.